The van der Waals surface area contributed by atoms with Crippen LogP contribution >= 0.6 is 23.2 Å². The van der Waals surface area contributed by atoms with E-state index >= 15 is 0 Å². The number of carbonyl (C=O) groups excluding carboxylic acids is 1. The van der Waals surface area contributed by atoms with Crippen LogP contribution in [0.5, 0.6) is 0 Å². The van der Waals surface area contributed by atoms with E-state index in [0.717, 1.165) is 17.5 Å². The first kappa shape index (κ1) is 22.0. The van der Waals surface area contributed by atoms with E-state index in [2.05, 4.69) is 10.3 Å². The van der Waals surface area contributed by atoms with Gasteiger partial charge in [-0.2, -0.15) is 4.31 Å². The van der Waals surface area contributed by atoms with Crippen molar-refractivity contribution >= 4 is 55.7 Å². The highest BCUT2D eigenvalue weighted by Crippen LogP contribution is 2.30. The van der Waals surface area contributed by atoms with Crippen molar-refractivity contribution in [1.29, 1.82) is 0 Å². The first-order chi connectivity index (χ1) is 14.8. The van der Waals surface area contributed by atoms with Gasteiger partial charge in [0.2, 0.25) is 15.9 Å². The molecule has 1 fully saturated rings. The van der Waals surface area contributed by atoms with E-state index in [1.54, 1.807) is 24.4 Å². The predicted octanol–water partition coefficient (Wildman–Crippen LogP) is 4.72. The molecule has 1 aliphatic rings. The average molecular weight is 482 g/mol. The number of fused-ring (bicyclic) bond motifs is 1. The minimum atomic E-state index is -3.82. The van der Waals surface area contributed by atoms with Gasteiger partial charge in [0.05, 0.1) is 26.1 Å². The largest absolute Gasteiger partial charge is 0.325 e. The number of aromatic nitrogens is 1. The molecule has 2 aromatic carbocycles. The van der Waals surface area contributed by atoms with Crippen LogP contribution in [0.2, 0.25) is 10.0 Å². The number of nitrogens with one attached hydrogen (secondary N) is 1. The van der Waals surface area contributed by atoms with E-state index in [-0.39, 0.29) is 34.8 Å². The summed E-state index contributed by atoms with van der Waals surface area (Å²) in [5.41, 5.74) is 1.20. The Morgan fingerprint density at radius 3 is 2.55 bits per heavy atom. The molecular weight excluding hydrogens is 464 g/mol. The first-order valence-electron chi connectivity index (χ1n) is 9.56. The highest BCUT2D eigenvalue weighted by molar-refractivity contribution is 7.89. The van der Waals surface area contributed by atoms with Crippen LogP contribution in [-0.2, 0) is 14.8 Å². The van der Waals surface area contributed by atoms with Crippen LogP contribution in [0.25, 0.3) is 10.9 Å². The van der Waals surface area contributed by atoms with Gasteiger partial charge in [-0.1, -0.05) is 23.2 Å². The summed E-state index contributed by atoms with van der Waals surface area (Å²) in [6, 6.07) is 10.3. The summed E-state index contributed by atoms with van der Waals surface area (Å²) in [7, 11) is -3.82. The number of carbonyl (C=O) groups is 1. The van der Waals surface area contributed by atoms with Gasteiger partial charge in [-0.3, -0.25) is 9.78 Å². The van der Waals surface area contributed by atoms with Crippen LogP contribution < -0.4 is 5.32 Å². The molecule has 0 spiro atoms. The minimum Gasteiger partial charge on any atom is -0.325 e. The van der Waals surface area contributed by atoms with Crippen LogP contribution in [0, 0.1) is 11.7 Å². The smallest absolute Gasteiger partial charge is 0.243 e. The molecule has 3 aromatic rings. The predicted molar refractivity (Wildman–Crippen MR) is 118 cm³/mol. The van der Waals surface area contributed by atoms with Crippen LogP contribution in [0.1, 0.15) is 12.8 Å². The summed E-state index contributed by atoms with van der Waals surface area (Å²) in [5.74, 6) is -1.21. The molecule has 1 aromatic heterocycles. The van der Waals surface area contributed by atoms with Crippen LogP contribution in [0.15, 0.2) is 53.6 Å². The van der Waals surface area contributed by atoms with Gasteiger partial charge in [0.25, 0.3) is 0 Å². The van der Waals surface area contributed by atoms with Crippen molar-refractivity contribution in [2.75, 3.05) is 18.4 Å². The molecule has 1 saturated heterocycles. The van der Waals surface area contributed by atoms with Gasteiger partial charge < -0.3 is 5.32 Å². The van der Waals surface area contributed by atoms with Crippen LogP contribution in [0.3, 0.4) is 0 Å². The Morgan fingerprint density at radius 1 is 1.10 bits per heavy atom. The van der Waals surface area contributed by atoms with Gasteiger partial charge >= 0.3 is 0 Å². The number of halogens is 3. The molecule has 10 heteroatoms. The molecule has 0 aliphatic carbocycles. The first-order valence-corrected chi connectivity index (χ1v) is 11.8. The summed E-state index contributed by atoms with van der Waals surface area (Å²) in [5, 5.41) is 3.89. The molecule has 1 N–H and O–H groups in total. The fraction of sp³-hybridized carbons (Fsp3) is 0.238. The second kappa shape index (κ2) is 8.70. The molecule has 6 nitrogen and oxygen atoms in total. The Labute approximate surface area is 189 Å². The van der Waals surface area contributed by atoms with Gasteiger partial charge in [-0.15, -0.1) is 0 Å². The zero-order chi connectivity index (χ0) is 22.2. The lowest BCUT2D eigenvalue weighted by Gasteiger charge is -2.30. The summed E-state index contributed by atoms with van der Waals surface area (Å²) in [6.45, 7) is 0.358. The monoisotopic (exact) mass is 481 g/mol. The number of pyridine rings is 1. The summed E-state index contributed by atoms with van der Waals surface area (Å²) in [4.78, 5) is 17.0. The molecule has 2 heterocycles. The van der Waals surface area contributed by atoms with Crippen molar-refractivity contribution in [3.05, 3.63) is 64.5 Å². The average Bonchev–Trinajstić information content (AvgIpc) is 2.77. The zero-order valence-corrected chi connectivity index (χ0v) is 18.5. The lowest BCUT2D eigenvalue weighted by atomic mass is 9.97. The molecular formula is C21H18Cl2FN3O3S. The Bertz CT molecular complexity index is 1260. The Morgan fingerprint density at radius 2 is 1.84 bits per heavy atom. The highest BCUT2D eigenvalue weighted by Gasteiger charge is 2.32. The number of piperidine rings is 1. The van der Waals surface area contributed by atoms with E-state index in [0.29, 0.717) is 29.1 Å². The third-order valence-electron chi connectivity index (χ3n) is 5.33. The lowest BCUT2D eigenvalue weighted by molar-refractivity contribution is -0.120. The van der Waals surface area contributed by atoms with E-state index in [4.69, 9.17) is 23.2 Å². The topological polar surface area (TPSA) is 79.4 Å². The van der Waals surface area contributed by atoms with Gasteiger partial charge in [0.1, 0.15) is 5.82 Å². The normalized spacial score (nSPS) is 15.8. The number of hydrogen-bond donors (Lipinski definition) is 1. The van der Waals surface area contributed by atoms with E-state index in [1.807, 2.05) is 6.07 Å². The fourth-order valence-electron chi connectivity index (χ4n) is 3.63. The molecule has 31 heavy (non-hydrogen) atoms. The highest BCUT2D eigenvalue weighted by atomic mass is 35.5. The quantitative estimate of drug-likeness (QED) is 0.584. The number of sulfonamides is 1. The number of nitrogens with zero attached hydrogens (tertiary/aromatic N) is 2. The Hall–Kier alpha value is -2.26. The lowest BCUT2D eigenvalue weighted by Crippen LogP contribution is -2.41. The van der Waals surface area contributed by atoms with E-state index in [1.165, 1.54) is 10.4 Å². The van der Waals surface area contributed by atoms with E-state index < -0.39 is 15.8 Å². The third kappa shape index (κ3) is 4.39. The number of amides is 1. The molecule has 0 atom stereocenters. The van der Waals surface area contributed by atoms with E-state index in [9.17, 15) is 17.6 Å². The van der Waals surface area contributed by atoms with Crippen molar-refractivity contribution in [3.8, 4) is 0 Å². The standard InChI is InChI=1S/C21H18Cl2FN3O3S/c22-16-4-6-19(15-2-1-9-25-20(15)16)26-21(28)13-7-10-27(11-8-13)31(29,30)14-3-5-18(24)17(23)12-14/h1-6,9,12-13H,7-8,10-11H2,(H,26,28). The molecule has 1 amide bonds. The zero-order valence-electron chi connectivity index (χ0n) is 16.2. The maximum Gasteiger partial charge on any atom is 0.243 e. The maximum absolute atomic E-state index is 13.4. The van der Waals surface area contributed by atoms with Crippen molar-refractivity contribution in [2.45, 2.75) is 17.7 Å². The van der Waals surface area contributed by atoms with Gasteiger partial charge in [0, 0.05) is 30.6 Å². The molecule has 0 saturated carbocycles. The second-order valence-corrected chi connectivity index (χ2v) is 9.99. The van der Waals surface area contributed by atoms with Crippen LogP contribution in [0.4, 0.5) is 10.1 Å². The maximum atomic E-state index is 13.4. The van der Waals surface area contributed by atoms with Gasteiger partial charge in [-0.05, 0) is 55.3 Å². The number of benzene rings is 2. The Balaban J connectivity index is 1.45. The fourth-order valence-corrected chi connectivity index (χ4v) is 5.58. The molecule has 162 valence electrons. The summed E-state index contributed by atoms with van der Waals surface area (Å²) in [6.07, 6.45) is 2.36. The SMILES string of the molecule is O=C(Nc1ccc(Cl)c2ncccc12)C1CCN(S(=O)(=O)c2ccc(F)c(Cl)c2)CC1. The van der Waals surface area contributed by atoms with Crippen molar-refractivity contribution in [2.24, 2.45) is 5.92 Å². The molecule has 0 bridgehead atoms. The number of hydrogen-bond acceptors (Lipinski definition) is 4. The molecule has 1 aliphatic heterocycles. The van der Waals surface area contributed by atoms with Gasteiger partial charge in [-0.25, -0.2) is 12.8 Å². The summed E-state index contributed by atoms with van der Waals surface area (Å²) < 4.78 is 40.3. The Kier molecular flexibility index (Phi) is 6.16. The van der Waals surface area contributed by atoms with Crippen molar-refractivity contribution in [3.63, 3.8) is 0 Å². The van der Waals surface area contributed by atoms with Crippen molar-refractivity contribution < 1.29 is 17.6 Å². The van der Waals surface area contributed by atoms with Crippen molar-refractivity contribution in [1.82, 2.24) is 9.29 Å². The number of rotatable bonds is 4. The molecule has 4 rings (SSSR count). The number of anilines is 1. The third-order valence-corrected chi connectivity index (χ3v) is 7.82. The van der Waals surface area contributed by atoms with Crippen LogP contribution in [-0.4, -0.2) is 36.7 Å². The molecule has 0 radical (unpaired) electrons. The summed E-state index contributed by atoms with van der Waals surface area (Å²) >= 11 is 11.9. The minimum absolute atomic E-state index is 0.0677. The van der Waals surface area contributed by atoms with Gasteiger partial charge in [0.15, 0.2) is 0 Å². The second-order valence-electron chi connectivity index (χ2n) is 7.24. The molecule has 0 unspecified atom stereocenters.